The summed E-state index contributed by atoms with van der Waals surface area (Å²) in [6.45, 7) is 7.90. The molecule has 7 nitrogen and oxygen atoms in total. The average molecular weight is 431 g/mol. The number of aryl methyl sites for hydroxylation is 2. The third kappa shape index (κ3) is 4.82. The van der Waals surface area contributed by atoms with E-state index in [2.05, 4.69) is 16.1 Å². The minimum absolute atomic E-state index is 0.00450. The van der Waals surface area contributed by atoms with Crippen molar-refractivity contribution in [3.63, 3.8) is 0 Å². The minimum Gasteiger partial charge on any atom is -0.489 e. The summed E-state index contributed by atoms with van der Waals surface area (Å²) in [5, 5.41) is 13.2. The summed E-state index contributed by atoms with van der Waals surface area (Å²) >= 11 is 0. The van der Waals surface area contributed by atoms with E-state index in [0.29, 0.717) is 30.0 Å². The molecule has 1 aliphatic rings. The van der Waals surface area contributed by atoms with Crippen LogP contribution in [0.4, 0.5) is 0 Å². The van der Waals surface area contributed by atoms with Gasteiger partial charge < -0.3 is 14.2 Å². The number of rotatable bonds is 6. The quantitative estimate of drug-likeness (QED) is 0.593. The fourth-order valence-electron chi connectivity index (χ4n) is 3.88. The van der Waals surface area contributed by atoms with Crippen molar-refractivity contribution in [1.29, 1.82) is 5.26 Å². The second-order valence-corrected chi connectivity index (χ2v) is 7.96. The van der Waals surface area contributed by atoms with Gasteiger partial charge in [-0.3, -0.25) is 9.69 Å². The van der Waals surface area contributed by atoms with Crippen molar-refractivity contribution in [3.8, 4) is 11.8 Å². The Balaban J connectivity index is 1.34. The lowest BCUT2D eigenvalue weighted by Gasteiger charge is -2.34. The Morgan fingerprint density at radius 2 is 1.91 bits per heavy atom. The first-order chi connectivity index (χ1) is 15.5. The molecule has 0 unspecified atom stereocenters. The highest BCUT2D eigenvalue weighted by Crippen LogP contribution is 2.20. The summed E-state index contributed by atoms with van der Waals surface area (Å²) in [6, 6.07) is 16.8. The standard InChI is InChI=1S/C25H26N4O3/c1-18-24(19(2)32-27-18)16-28-10-12-29(13-11-28)25(30)20-8-5-9-23(14-20)31-17-22-7-4-3-6-21(22)15-26/h3-9,14H,10-13,16-17H2,1-2H3. The van der Waals surface area contributed by atoms with Crippen LogP contribution < -0.4 is 4.74 Å². The third-order valence-corrected chi connectivity index (χ3v) is 5.84. The molecule has 0 N–H and O–H groups in total. The molecular weight excluding hydrogens is 404 g/mol. The molecule has 2 heterocycles. The number of carbonyl (C=O) groups excluding carboxylic acids is 1. The number of carbonyl (C=O) groups is 1. The van der Waals surface area contributed by atoms with Crippen molar-refractivity contribution in [2.75, 3.05) is 26.2 Å². The van der Waals surface area contributed by atoms with Gasteiger partial charge in [-0.1, -0.05) is 29.4 Å². The molecule has 4 rings (SSSR count). The van der Waals surface area contributed by atoms with Crippen LogP contribution in [0.1, 0.15) is 38.5 Å². The van der Waals surface area contributed by atoms with Crippen molar-refractivity contribution in [2.45, 2.75) is 27.0 Å². The van der Waals surface area contributed by atoms with Crippen LogP contribution >= 0.6 is 0 Å². The first kappa shape index (κ1) is 21.6. The summed E-state index contributed by atoms with van der Waals surface area (Å²) in [5.41, 5.74) is 4.08. The number of hydrogen-bond acceptors (Lipinski definition) is 6. The maximum Gasteiger partial charge on any atom is 0.254 e. The van der Waals surface area contributed by atoms with E-state index in [1.807, 2.05) is 55.1 Å². The van der Waals surface area contributed by atoms with E-state index >= 15 is 0 Å². The van der Waals surface area contributed by atoms with Crippen molar-refractivity contribution >= 4 is 5.91 Å². The maximum absolute atomic E-state index is 13.0. The van der Waals surface area contributed by atoms with E-state index < -0.39 is 0 Å². The monoisotopic (exact) mass is 430 g/mol. The first-order valence-corrected chi connectivity index (χ1v) is 10.7. The average Bonchev–Trinajstić information content (AvgIpc) is 3.15. The Bertz CT molecular complexity index is 1120. The molecule has 1 aromatic heterocycles. The molecule has 0 atom stereocenters. The molecule has 1 saturated heterocycles. The Hall–Kier alpha value is -3.63. The summed E-state index contributed by atoms with van der Waals surface area (Å²) < 4.78 is 11.1. The SMILES string of the molecule is Cc1noc(C)c1CN1CCN(C(=O)c2cccc(OCc3ccccc3C#N)c2)CC1. The number of piperazine rings is 1. The molecule has 2 aromatic carbocycles. The van der Waals surface area contributed by atoms with Gasteiger partial charge in [0.25, 0.3) is 5.91 Å². The highest BCUT2D eigenvalue weighted by Gasteiger charge is 2.24. The number of nitriles is 1. The molecule has 1 fully saturated rings. The van der Waals surface area contributed by atoms with Crippen molar-refractivity contribution in [2.24, 2.45) is 0 Å². The molecular formula is C25H26N4O3. The molecule has 0 spiro atoms. The molecule has 1 aliphatic heterocycles. The normalized spacial score (nSPS) is 14.2. The third-order valence-electron chi connectivity index (χ3n) is 5.84. The predicted octanol–water partition coefficient (Wildman–Crippen LogP) is 3.70. The van der Waals surface area contributed by atoms with Crippen LogP contribution in [0.3, 0.4) is 0 Å². The highest BCUT2D eigenvalue weighted by molar-refractivity contribution is 5.94. The maximum atomic E-state index is 13.0. The highest BCUT2D eigenvalue weighted by atomic mass is 16.5. The van der Waals surface area contributed by atoms with Crippen molar-refractivity contribution in [3.05, 3.63) is 82.2 Å². The van der Waals surface area contributed by atoms with Crippen LogP contribution in [0.2, 0.25) is 0 Å². The predicted molar refractivity (Wildman–Crippen MR) is 119 cm³/mol. The topological polar surface area (TPSA) is 82.6 Å². The molecule has 0 aliphatic carbocycles. The zero-order chi connectivity index (χ0) is 22.5. The largest absolute Gasteiger partial charge is 0.489 e. The second kappa shape index (κ2) is 9.67. The van der Waals surface area contributed by atoms with Gasteiger partial charge >= 0.3 is 0 Å². The van der Waals surface area contributed by atoms with Gasteiger partial charge in [0.1, 0.15) is 18.1 Å². The van der Waals surface area contributed by atoms with Crippen LogP contribution in [0.5, 0.6) is 5.75 Å². The lowest BCUT2D eigenvalue weighted by Crippen LogP contribution is -2.48. The van der Waals surface area contributed by atoms with Crippen LogP contribution in [-0.4, -0.2) is 47.0 Å². The van der Waals surface area contributed by atoms with Gasteiger partial charge in [-0.25, -0.2) is 0 Å². The Morgan fingerprint density at radius 3 is 2.62 bits per heavy atom. The molecule has 3 aromatic rings. The molecule has 0 bridgehead atoms. The fourth-order valence-corrected chi connectivity index (χ4v) is 3.88. The van der Waals surface area contributed by atoms with E-state index in [1.54, 1.807) is 12.1 Å². The van der Waals surface area contributed by atoms with E-state index in [1.165, 1.54) is 0 Å². The summed E-state index contributed by atoms with van der Waals surface area (Å²) in [6.07, 6.45) is 0. The lowest BCUT2D eigenvalue weighted by atomic mass is 10.1. The first-order valence-electron chi connectivity index (χ1n) is 10.7. The molecule has 164 valence electrons. The number of aromatic nitrogens is 1. The number of hydrogen-bond donors (Lipinski definition) is 0. The van der Waals surface area contributed by atoms with Crippen LogP contribution in [-0.2, 0) is 13.2 Å². The number of ether oxygens (including phenoxy) is 1. The van der Waals surface area contributed by atoms with Gasteiger partial charge in [0, 0.05) is 49.4 Å². The van der Waals surface area contributed by atoms with Gasteiger partial charge in [-0.2, -0.15) is 5.26 Å². The Labute approximate surface area is 187 Å². The second-order valence-electron chi connectivity index (χ2n) is 7.96. The fraction of sp³-hybridized carbons (Fsp3) is 0.320. The van der Waals surface area contributed by atoms with E-state index in [-0.39, 0.29) is 12.5 Å². The molecule has 7 heteroatoms. The summed E-state index contributed by atoms with van der Waals surface area (Å²) in [7, 11) is 0. The van der Waals surface area contributed by atoms with E-state index in [0.717, 1.165) is 42.2 Å². The zero-order valence-electron chi connectivity index (χ0n) is 18.4. The van der Waals surface area contributed by atoms with Gasteiger partial charge in [0.05, 0.1) is 17.3 Å². The van der Waals surface area contributed by atoms with Crippen LogP contribution in [0.15, 0.2) is 53.1 Å². The van der Waals surface area contributed by atoms with Crippen molar-refractivity contribution < 1.29 is 14.1 Å². The summed E-state index contributed by atoms with van der Waals surface area (Å²) in [5.74, 6) is 1.47. The smallest absolute Gasteiger partial charge is 0.254 e. The van der Waals surface area contributed by atoms with Gasteiger partial charge in [0.15, 0.2) is 0 Å². The molecule has 0 radical (unpaired) electrons. The molecule has 0 saturated carbocycles. The van der Waals surface area contributed by atoms with E-state index in [4.69, 9.17) is 9.26 Å². The Morgan fingerprint density at radius 1 is 1.12 bits per heavy atom. The molecule has 32 heavy (non-hydrogen) atoms. The number of amides is 1. The van der Waals surface area contributed by atoms with Crippen LogP contribution in [0, 0.1) is 25.2 Å². The number of benzene rings is 2. The molecule has 1 amide bonds. The number of nitrogens with zero attached hydrogens (tertiary/aromatic N) is 4. The Kier molecular flexibility index (Phi) is 6.52. The summed E-state index contributed by atoms with van der Waals surface area (Å²) in [4.78, 5) is 17.2. The zero-order valence-corrected chi connectivity index (χ0v) is 18.4. The van der Waals surface area contributed by atoms with Crippen LogP contribution in [0.25, 0.3) is 0 Å². The van der Waals surface area contributed by atoms with Gasteiger partial charge in [-0.05, 0) is 38.1 Å². The van der Waals surface area contributed by atoms with E-state index in [9.17, 15) is 10.1 Å². The minimum atomic E-state index is 0.00450. The lowest BCUT2D eigenvalue weighted by molar-refractivity contribution is 0.0627. The van der Waals surface area contributed by atoms with Crippen molar-refractivity contribution in [1.82, 2.24) is 15.0 Å². The van der Waals surface area contributed by atoms with Gasteiger partial charge in [0.2, 0.25) is 0 Å². The van der Waals surface area contributed by atoms with Gasteiger partial charge in [-0.15, -0.1) is 0 Å².